The number of hydrogen-bond donors (Lipinski definition) is 1. The molecule has 1 unspecified atom stereocenters. The lowest BCUT2D eigenvalue weighted by atomic mass is 9.96. The molecule has 0 radical (unpaired) electrons. The first-order valence-electron chi connectivity index (χ1n) is 13.0. The van der Waals surface area contributed by atoms with E-state index in [9.17, 15) is 36.7 Å². The number of Topliss-reactive ketones (excluding diaryl/α,β-unsaturated/α-hetero) is 1. The number of alkyl halides is 3. The van der Waals surface area contributed by atoms with Crippen LogP contribution in [-0.2, 0) is 31.8 Å². The van der Waals surface area contributed by atoms with Crippen molar-refractivity contribution < 1.29 is 41.5 Å². The third-order valence-electron chi connectivity index (χ3n) is 6.71. The molecule has 4 rings (SSSR count). The van der Waals surface area contributed by atoms with Crippen LogP contribution in [0.1, 0.15) is 52.4 Å². The summed E-state index contributed by atoms with van der Waals surface area (Å²) in [6.07, 6.45) is -3.55. The molecule has 3 heterocycles. The van der Waals surface area contributed by atoms with Crippen LogP contribution in [0.2, 0.25) is 0 Å². The number of rotatable bonds is 9. The first-order valence-corrected chi connectivity index (χ1v) is 13.9. The fraction of sp³-hybridized carbons (Fsp3) is 0.407. The molecule has 10 nitrogen and oxygen atoms in total. The van der Waals surface area contributed by atoms with E-state index >= 15 is 0 Å². The maximum absolute atomic E-state index is 14.2. The normalized spacial score (nSPS) is 14.9. The van der Waals surface area contributed by atoms with Gasteiger partial charge in [-0.3, -0.25) is 23.9 Å². The Labute approximate surface area is 241 Å². The highest BCUT2D eigenvalue weighted by Crippen LogP contribution is 2.32. The van der Waals surface area contributed by atoms with Crippen LogP contribution < -0.4 is 5.32 Å². The number of thiazole rings is 1. The van der Waals surface area contributed by atoms with Gasteiger partial charge in [-0.25, -0.2) is 9.37 Å². The minimum absolute atomic E-state index is 0.0612. The number of likely N-dealkylation sites (tertiary alicyclic amines) is 1. The Morgan fingerprint density at radius 2 is 1.86 bits per heavy atom. The van der Waals surface area contributed by atoms with Crippen molar-refractivity contribution in [3.05, 3.63) is 63.5 Å². The van der Waals surface area contributed by atoms with Crippen molar-refractivity contribution in [3.63, 3.8) is 0 Å². The van der Waals surface area contributed by atoms with Gasteiger partial charge >= 0.3 is 12.1 Å². The quantitative estimate of drug-likeness (QED) is 0.167. The van der Waals surface area contributed by atoms with E-state index in [1.807, 2.05) is 0 Å². The zero-order chi connectivity index (χ0) is 30.6. The van der Waals surface area contributed by atoms with Gasteiger partial charge in [-0.05, 0) is 44.9 Å². The van der Waals surface area contributed by atoms with E-state index in [0.717, 1.165) is 16.8 Å². The lowest BCUT2D eigenvalue weighted by Crippen LogP contribution is -2.40. The summed E-state index contributed by atoms with van der Waals surface area (Å²) in [5, 5.41) is 8.14. The summed E-state index contributed by atoms with van der Waals surface area (Å²) < 4.78 is 58.9. The molecular formula is C27H27F4N5O5S. The maximum atomic E-state index is 14.2. The molecular weight excluding hydrogens is 582 g/mol. The van der Waals surface area contributed by atoms with Crippen LogP contribution in [-0.4, -0.2) is 62.9 Å². The molecule has 15 heteroatoms. The fourth-order valence-electron chi connectivity index (χ4n) is 4.52. The lowest BCUT2D eigenvalue weighted by Gasteiger charge is -2.31. The summed E-state index contributed by atoms with van der Waals surface area (Å²) in [4.78, 5) is 57.1. The van der Waals surface area contributed by atoms with Gasteiger partial charge in [-0.1, -0.05) is 12.1 Å². The van der Waals surface area contributed by atoms with E-state index in [0.29, 0.717) is 30.9 Å². The molecule has 0 bridgehead atoms. The number of anilines is 1. The summed E-state index contributed by atoms with van der Waals surface area (Å²) in [7, 11) is 0. The van der Waals surface area contributed by atoms with E-state index in [2.05, 4.69) is 15.4 Å². The van der Waals surface area contributed by atoms with Crippen LogP contribution in [0.4, 0.5) is 23.4 Å². The van der Waals surface area contributed by atoms with Crippen molar-refractivity contribution in [1.29, 1.82) is 0 Å². The molecule has 1 N–H and O–H groups in total. The SMILES string of the molecule is CCOC(=O)C(C(=O)Nc1csc(C2CCN(C(=O)Cn3nc(C(F)(F)F)cc3C)CC2)n1)C(=O)c1ccccc1F. The molecule has 0 saturated carbocycles. The number of hydrogen-bond acceptors (Lipinski definition) is 8. The third kappa shape index (κ3) is 7.01. The number of carbonyl (C=O) groups is 4. The summed E-state index contributed by atoms with van der Waals surface area (Å²) >= 11 is 1.24. The molecule has 1 fully saturated rings. The predicted octanol–water partition coefficient (Wildman–Crippen LogP) is 4.21. The fourth-order valence-corrected chi connectivity index (χ4v) is 5.44. The van der Waals surface area contributed by atoms with Crippen LogP contribution in [0.3, 0.4) is 0 Å². The van der Waals surface area contributed by atoms with Gasteiger partial charge in [0.2, 0.25) is 11.8 Å². The molecule has 2 amide bonds. The van der Waals surface area contributed by atoms with E-state index in [-0.39, 0.29) is 36.5 Å². The number of ether oxygens (including phenoxy) is 1. The minimum Gasteiger partial charge on any atom is -0.465 e. The van der Waals surface area contributed by atoms with Crippen molar-refractivity contribution in [3.8, 4) is 0 Å². The first kappa shape index (κ1) is 30.8. The highest BCUT2D eigenvalue weighted by molar-refractivity contribution is 7.10. The lowest BCUT2D eigenvalue weighted by molar-refractivity contribution is -0.148. The van der Waals surface area contributed by atoms with Gasteiger partial charge < -0.3 is 15.0 Å². The summed E-state index contributed by atoms with van der Waals surface area (Å²) in [6.45, 7) is 3.25. The molecule has 3 aromatic rings. The Balaban J connectivity index is 1.36. The van der Waals surface area contributed by atoms with Crippen molar-refractivity contribution in [2.45, 2.75) is 45.3 Å². The van der Waals surface area contributed by atoms with Gasteiger partial charge in [-0.15, -0.1) is 11.3 Å². The van der Waals surface area contributed by atoms with E-state index in [1.54, 1.807) is 10.3 Å². The molecule has 0 spiro atoms. The molecule has 1 aliphatic rings. The van der Waals surface area contributed by atoms with Gasteiger partial charge in [0.05, 0.1) is 17.2 Å². The molecule has 1 atom stereocenters. The number of piperidine rings is 1. The summed E-state index contributed by atoms with van der Waals surface area (Å²) in [5.41, 5.74) is -1.25. The second-order valence-corrected chi connectivity index (χ2v) is 10.5. The van der Waals surface area contributed by atoms with Gasteiger partial charge in [0.25, 0.3) is 0 Å². The number of nitrogens with one attached hydrogen (secondary N) is 1. The number of nitrogens with zero attached hydrogens (tertiary/aromatic N) is 4. The Morgan fingerprint density at radius 1 is 1.17 bits per heavy atom. The zero-order valence-corrected chi connectivity index (χ0v) is 23.4. The Kier molecular flexibility index (Phi) is 9.39. The van der Waals surface area contributed by atoms with Crippen LogP contribution in [0.15, 0.2) is 35.7 Å². The third-order valence-corrected chi connectivity index (χ3v) is 7.72. The number of aromatic nitrogens is 3. The van der Waals surface area contributed by atoms with Gasteiger partial charge in [0.1, 0.15) is 18.2 Å². The average Bonchev–Trinajstić information content (AvgIpc) is 3.55. The van der Waals surface area contributed by atoms with E-state index < -0.39 is 46.8 Å². The van der Waals surface area contributed by atoms with Crippen LogP contribution in [0.5, 0.6) is 0 Å². The monoisotopic (exact) mass is 609 g/mol. The van der Waals surface area contributed by atoms with Gasteiger partial charge in [0.15, 0.2) is 17.4 Å². The van der Waals surface area contributed by atoms with Crippen molar-refractivity contribution in [2.75, 3.05) is 25.0 Å². The van der Waals surface area contributed by atoms with Crippen molar-refractivity contribution in [2.24, 2.45) is 5.92 Å². The molecule has 1 aromatic carbocycles. The predicted molar refractivity (Wildman–Crippen MR) is 142 cm³/mol. The zero-order valence-electron chi connectivity index (χ0n) is 22.6. The van der Waals surface area contributed by atoms with Gasteiger partial charge in [0, 0.05) is 30.1 Å². The van der Waals surface area contributed by atoms with Crippen molar-refractivity contribution in [1.82, 2.24) is 19.7 Å². The Morgan fingerprint density at radius 3 is 2.48 bits per heavy atom. The Bertz CT molecular complexity index is 1480. The van der Waals surface area contributed by atoms with Crippen molar-refractivity contribution >= 4 is 40.7 Å². The van der Waals surface area contributed by atoms with E-state index in [1.165, 1.54) is 43.4 Å². The Hall–Kier alpha value is -4.14. The number of halogens is 4. The van der Waals surface area contributed by atoms with Crippen LogP contribution in [0.25, 0.3) is 0 Å². The smallest absolute Gasteiger partial charge is 0.435 e. The minimum atomic E-state index is -4.60. The molecule has 1 aliphatic heterocycles. The second kappa shape index (κ2) is 12.8. The average molecular weight is 610 g/mol. The summed E-state index contributed by atoms with van der Waals surface area (Å²) in [5.74, 6) is -6.31. The van der Waals surface area contributed by atoms with E-state index in [4.69, 9.17) is 4.74 Å². The molecule has 2 aromatic heterocycles. The molecule has 42 heavy (non-hydrogen) atoms. The molecule has 224 valence electrons. The molecule has 1 saturated heterocycles. The first-order chi connectivity index (χ1) is 19.9. The van der Waals surface area contributed by atoms with Crippen LogP contribution >= 0.6 is 11.3 Å². The highest BCUT2D eigenvalue weighted by Gasteiger charge is 2.38. The number of esters is 1. The topological polar surface area (TPSA) is 123 Å². The standard InChI is InChI=1S/C27H27F4N5O5S/c1-3-41-26(40)22(23(38)17-6-4-5-7-18(17)28)24(39)32-20-14-42-25(33-20)16-8-10-35(11-9-16)21(37)13-36-15(2)12-19(34-36)27(29,30)31/h4-7,12,14,16,22H,3,8-11,13H2,1-2H3,(H,32,39). The highest BCUT2D eigenvalue weighted by atomic mass is 32.1. The largest absolute Gasteiger partial charge is 0.465 e. The van der Waals surface area contributed by atoms with Gasteiger partial charge in [-0.2, -0.15) is 18.3 Å². The number of benzene rings is 1. The number of aryl methyl sites for hydroxylation is 1. The second-order valence-electron chi connectivity index (χ2n) is 9.57. The summed E-state index contributed by atoms with van der Waals surface area (Å²) in [6, 6.07) is 5.88. The number of ketones is 1. The molecule has 0 aliphatic carbocycles. The number of amides is 2. The maximum Gasteiger partial charge on any atom is 0.435 e. The number of carbonyl (C=O) groups excluding carboxylic acids is 4. The van der Waals surface area contributed by atoms with Crippen LogP contribution in [0, 0.1) is 18.7 Å².